The maximum atomic E-state index is 12.0. The summed E-state index contributed by atoms with van der Waals surface area (Å²) in [5.41, 5.74) is 8.84. The van der Waals surface area contributed by atoms with Crippen molar-refractivity contribution >= 4 is 11.6 Å². The first-order valence-corrected chi connectivity index (χ1v) is 10.6. The molecule has 6 rings (SSSR count). The lowest BCUT2D eigenvalue weighted by Gasteiger charge is -2.59. The average molecular weight is 393 g/mol. The van der Waals surface area contributed by atoms with Gasteiger partial charge >= 0.3 is 0 Å². The van der Waals surface area contributed by atoms with Gasteiger partial charge in [0.1, 0.15) is 0 Å². The Hall–Kier alpha value is -2.47. The van der Waals surface area contributed by atoms with Crippen molar-refractivity contribution in [1.82, 2.24) is 9.97 Å². The molecule has 2 heterocycles. The minimum atomic E-state index is -0.443. The van der Waals surface area contributed by atoms with Crippen LogP contribution in [0, 0.1) is 17.8 Å². The van der Waals surface area contributed by atoms with Gasteiger partial charge in [0.25, 0.3) is 5.91 Å². The smallest absolute Gasteiger partial charge is 0.252 e. The van der Waals surface area contributed by atoms with Gasteiger partial charge in [-0.1, -0.05) is 6.07 Å². The molecule has 4 bridgehead atoms. The molecule has 3 unspecified atom stereocenters. The molecule has 0 aromatic carbocycles. The first-order valence-electron chi connectivity index (χ1n) is 10.6. The number of carbonyl (C=O) groups is 1. The second-order valence-corrected chi connectivity index (χ2v) is 9.11. The number of rotatable bonds is 6. The van der Waals surface area contributed by atoms with E-state index in [1.807, 2.05) is 31.4 Å². The number of carbonyl (C=O) groups excluding carboxylic acids is 1. The topological polar surface area (TPSA) is 90.1 Å². The maximum absolute atomic E-state index is 12.0. The number of anilines is 1. The van der Waals surface area contributed by atoms with Crippen LogP contribution in [0.5, 0.6) is 0 Å². The predicted octanol–water partition coefficient (Wildman–Crippen LogP) is 3.17. The van der Waals surface area contributed by atoms with E-state index in [0.29, 0.717) is 29.9 Å². The molecule has 0 radical (unpaired) electrons. The van der Waals surface area contributed by atoms with Gasteiger partial charge < -0.3 is 15.8 Å². The van der Waals surface area contributed by atoms with Crippen LogP contribution in [0.2, 0.25) is 0 Å². The molecule has 4 aliphatic carbocycles. The summed E-state index contributed by atoms with van der Waals surface area (Å²) in [6.07, 6.45) is 9.92. The minimum Gasteiger partial charge on any atom is -0.381 e. The number of nitrogens with zero attached hydrogens (tertiary/aromatic N) is 2. The van der Waals surface area contributed by atoms with Crippen LogP contribution in [0.25, 0.3) is 0 Å². The normalized spacial score (nSPS) is 32.3. The van der Waals surface area contributed by atoms with Gasteiger partial charge in [-0.3, -0.25) is 14.8 Å². The van der Waals surface area contributed by atoms with E-state index in [1.54, 1.807) is 12.4 Å². The second kappa shape index (κ2) is 7.10. The van der Waals surface area contributed by atoms with Crippen LogP contribution in [0.1, 0.15) is 53.8 Å². The van der Waals surface area contributed by atoms with E-state index >= 15 is 0 Å². The van der Waals surface area contributed by atoms with Crippen molar-refractivity contribution in [2.75, 3.05) is 12.4 Å². The number of pyridine rings is 2. The first-order chi connectivity index (χ1) is 14.0. The molecular formula is C23H28N4O2. The van der Waals surface area contributed by atoms with Crippen LogP contribution in [-0.4, -0.2) is 34.6 Å². The van der Waals surface area contributed by atoms with E-state index in [1.165, 1.54) is 19.3 Å². The third kappa shape index (κ3) is 3.39. The molecule has 6 heteroatoms. The Kier molecular flexibility index (Phi) is 4.54. The fourth-order valence-electron chi connectivity index (χ4n) is 6.21. The van der Waals surface area contributed by atoms with E-state index in [9.17, 15) is 4.79 Å². The quantitative estimate of drug-likeness (QED) is 0.788. The summed E-state index contributed by atoms with van der Waals surface area (Å²) in [6, 6.07) is 8.20. The highest BCUT2D eigenvalue weighted by molar-refractivity contribution is 5.98. The second-order valence-electron chi connectivity index (χ2n) is 9.11. The van der Waals surface area contributed by atoms with Crippen LogP contribution in [-0.2, 0) is 11.2 Å². The third-order valence-electron chi connectivity index (χ3n) is 7.29. The molecule has 4 saturated carbocycles. The van der Waals surface area contributed by atoms with Crippen molar-refractivity contribution < 1.29 is 9.53 Å². The summed E-state index contributed by atoms with van der Waals surface area (Å²) in [7, 11) is 1.87. The van der Waals surface area contributed by atoms with E-state index in [-0.39, 0.29) is 5.60 Å². The number of hydrogen-bond donors (Lipinski definition) is 2. The van der Waals surface area contributed by atoms with E-state index in [2.05, 4.69) is 15.3 Å². The Morgan fingerprint density at radius 2 is 2.00 bits per heavy atom. The van der Waals surface area contributed by atoms with Crippen molar-refractivity contribution in [3.63, 3.8) is 0 Å². The molecule has 4 fully saturated rings. The Morgan fingerprint density at radius 1 is 1.21 bits per heavy atom. The largest absolute Gasteiger partial charge is 0.381 e. The van der Waals surface area contributed by atoms with Crippen molar-refractivity contribution in [2.45, 2.75) is 50.2 Å². The lowest BCUT2D eigenvalue weighted by molar-refractivity contribution is -0.149. The molecule has 29 heavy (non-hydrogen) atoms. The number of amides is 1. The van der Waals surface area contributed by atoms with Gasteiger partial charge in [0, 0.05) is 43.4 Å². The number of aromatic nitrogens is 2. The molecule has 5 atom stereocenters. The summed E-state index contributed by atoms with van der Waals surface area (Å²) in [4.78, 5) is 20.9. The van der Waals surface area contributed by atoms with Gasteiger partial charge in [0.15, 0.2) is 0 Å². The molecule has 3 N–H and O–H groups in total. The summed E-state index contributed by atoms with van der Waals surface area (Å²) in [6.45, 7) is 0. The van der Waals surface area contributed by atoms with Crippen molar-refractivity contribution in [3.05, 3.63) is 53.6 Å². The fraction of sp³-hybridized carbons (Fsp3) is 0.522. The number of primary amides is 1. The Labute approximate surface area is 171 Å². The SMILES string of the molecule is COC12CC3C[C@H](C1)C(Nc1cc(Cc4ccccn4)ncc1C(N)=O)[C@@H](C3)C2. The molecule has 6 nitrogen and oxygen atoms in total. The van der Waals surface area contributed by atoms with E-state index < -0.39 is 5.91 Å². The Bertz CT molecular complexity index is 900. The maximum Gasteiger partial charge on any atom is 0.252 e. The molecule has 0 aliphatic heterocycles. The summed E-state index contributed by atoms with van der Waals surface area (Å²) >= 11 is 0. The summed E-state index contributed by atoms with van der Waals surface area (Å²) in [5, 5.41) is 3.72. The zero-order chi connectivity index (χ0) is 20.0. The van der Waals surface area contributed by atoms with Crippen LogP contribution in [0.3, 0.4) is 0 Å². The molecule has 2 aromatic heterocycles. The zero-order valence-corrected chi connectivity index (χ0v) is 16.8. The van der Waals surface area contributed by atoms with E-state index in [4.69, 9.17) is 10.5 Å². The average Bonchev–Trinajstić information content (AvgIpc) is 2.71. The van der Waals surface area contributed by atoms with Gasteiger partial charge in [-0.25, -0.2) is 0 Å². The standard InChI is InChI=1S/C23H28N4O2/c1-29-23-10-14-6-15(11-23)21(16(7-14)12-23)27-20-9-18(26-13-19(20)22(24)28)8-17-4-2-3-5-25-17/h2-5,9,13-16,21H,6-8,10-12H2,1H3,(H2,24,28)(H,26,27)/t14?,15-,16+,21?,23?. The highest BCUT2D eigenvalue weighted by Gasteiger charge is 2.55. The predicted molar refractivity (Wildman–Crippen MR) is 111 cm³/mol. The molecule has 1 amide bonds. The summed E-state index contributed by atoms with van der Waals surface area (Å²) < 4.78 is 5.98. The number of methoxy groups -OCH3 is 1. The molecule has 4 aliphatic rings. The highest BCUT2D eigenvalue weighted by atomic mass is 16.5. The Morgan fingerprint density at radius 3 is 2.66 bits per heavy atom. The molecule has 0 saturated heterocycles. The number of ether oxygens (including phenoxy) is 1. The molecule has 0 spiro atoms. The lowest BCUT2D eigenvalue weighted by atomic mass is 9.52. The number of hydrogen-bond acceptors (Lipinski definition) is 5. The fourth-order valence-corrected chi connectivity index (χ4v) is 6.21. The van der Waals surface area contributed by atoms with Crippen LogP contribution < -0.4 is 11.1 Å². The number of nitrogens with two attached hydrogens (primary N) is 1. The van der Waals surface area contributed by atoms with Crippen LogP contribution in [0.15, 0.2) is 36.7 Å². The summed E-state index contributed by atoms with van der Waals surface area (Å²) in [5.74, 6) is 1.49. The Balaban J connectivity index is 1.41. The molecule has 152 valence electrons. The highest BCUT2D eigenvalue weighted by Crippen LogP contribution is 2.57. The van der Waals surface area contributed by atoms with Gasteiger partial charge in [0.05, 0.1) is 16.9 Å². The van der Waals surface area contributed by atoms with Gasteiger partial charge in [-0.2, -0.15) is 0 Å². The van der Waals surface area contributed by atoms with Crippen molar-refractivity contribution in [2.24, 2.45) is 23.5 Å². The van der Waals surface area contributed by atoms with Crippen LogP contribution >= 0.6 is 0 Å². The lowest BCUT2D eigenvalue weighted by Crippen LogP contribution is -2.59. The third-order valence-corrected chi connectivity index (χ3v) is 7.29. The first kappa shape index (κ1) is 18.6. The van der Waals surface area contributed by atoms with Gasteiger partial charge in [0.2, 0.25) is 0 Å². The van der Waals surface area contributed by atoms with Crippen molar-refractivity contribution in [1.29, 1.82) is 0 Å². The van der Waals surface area contributed by atoms with Gasteiger partial charge in [-0.15, -0.1) is 0 Å². The van der Waals surface area contributed by atoms with E-state index in [0.717, 1.165) is 35.8 Å². The molecule has 2 aromatic rings. The minimum absolute atomic E-state index is 0.0730. The van der Waals surface area contributed by atoms with Crippen molar-refractivity contribution in [3.8, 4) is 0 Å². The zero-order valence-electron chi connectivity index (χ0n) is 16.8. The monoisotopic (exact) mass is 392 g/mol. The van der Waals surface area contributed by atoms with Crippen LogP contribution in [0.4, 0.5) is 5.69 Å². The van der Waals surface area contributed by atoms with Gasteiger partial charge in [-0.05, 0) is 68.1 Å². The molecular weight excluding hydrogens is 364 g/mol. The number of nitrogens with one attached hydrogen (secondary N) is 1.